The molecular weight excluding hydrogens is 397 g/mol. The van der Waals surface area contributed by atoms with Crippen molar-refractivity contribution in [1.29, 1.82) is 0 Å². The molecule has 7 heteroatoms. The van der Waals surface area contributed by atoms with Gasteiger partial charge in [0.05, 0.1) is 22.0 Å². The number of hydrogen-bond acceptors (Lipinski definition) is 6. The topological polar surface area (TPSA) is 67.9 Å². The molecule has 2 aromatic heterocycles. The Kier molecular flexibility index (Phi) is 4.88. The highest BCUT2D eigenvalue weighted by atomic mass is 32.1. The molecule has 1 aliphatic heterocycles. The molecule has 0 radical (unpaired) electrons. The second-order valence-corrected chi connectivity index (χ2v) is 8.19. The SMILES string of the molecule is Nc1nccc(-c2sc(-c3ccccc3)nc2-c2cccc(N3CCCC3)c2F)n1. The lowest BCUT2D eigenvalue weighted by Gasteiger charge is -2.19. The first-order chi connectivity index (χ1) is 14.7. The van der Waals surface area contributed by atoms with Crippen LogP contribution in [-0.4, -0.2) is 28.0 Å². The van der Waals surface area contributed by atoms with E-state index in [4.69, 9.17) is 10.7 Å². The number of benzene rings is 2. The van der Waals surface area contributed by atoms with Gasteiger partial charge in [0.1, 0.15) is 5.01 Å². The maximum Gasteiger partial charge on any atom is 0.220 e. The zero-order chi connectivity index (χ0) is 20.5. The highest BCUT2D eigenvalue weighted by Gasteiger charge is 2.23. The Balaban J connectivity index is 1.69. The summed E-state index contributed by atoms with van der Waals surface area (Å²) >= 11 is 1.48. The van der Waals surface area contributed by atoms with Gasteiger partial charge in [0.15, 0.2) is 5.82 Å². The number of hydrogen-bond donors (Lipinski definition) is 1. The van der Waals surface area contributed by atoms with Gasteiger partial charge in [-0.25, -0.2) is 19.3 Å². The monoisotopic (exact) mass is 417 g/mol. The van der Waals surface area contributed by atoms with E-state index in [1.165, 1.54) is 11.3 Å². The fourth-order valence-corrected chi connectivity index (χ4v) is 4.84. The molecule has 0 spiro atoms. The number of rotatable bonds is 4. The van der Waals surface area contributed by atoms with Gasteiger partial charge in [0.2, 0.25) is 5.95 Å². The van der Waals surface area contributed by atoms with Crippen LogP contribution >= 0.6 is 11.3 Å². The van der Waals surface area contributed by atoms with Crippen LogP contribution in [0, 0.1) is 5.82 Å². The van der Waals surface area contributed by atoms with Gasteiger partial charge in [0, 0.05) is 30.4 Å². The van der Waals surface area contributed by atoms with Gasteiger partial charge >= 0.3 is 0 Å². The van der Waals surface area contributed by atoms with E-state index in [1.807, 2.05) is 42.5 Å². The Morgan fingerprint density at radius 1 is 0.933 bits per heavy atom. The van der Waals surface area contributed by atoms with Crippen LogP contribution in [-0.2, 0) is 0 Å². The van der Waals surface area contributed by atoms with Crippen molar-refractivity contribution in [2.75, 3.05) is 23.7 Å². The maximum atomic E-state index is 15.7. The second-order valence-electron chi connectivity index (χ2n) is 7.20. The zero-order valence-electron chi connectivity index (χ0n) is 16.3. The molecule has 2 N–H and O–H groups in total. The molecule has 0 atom stereocenters. The van der Waals surface area contributed by atoms with Crippen LogP contribution in [0.2, 0.25) is 0 Å². The largest absolute Gasteiger partial charge is 0.369 e. The molecule has 1 aliphatic rings. The van der Waals surface area contributed by atoms with E-state index < -0.39 is 0 Å². The van der Waals surface area contributed by atoms with E-state index >= 15 is 4.39 Å². The van der Waals surface area contributed by atoms with Crippen molar-refractivity contribution in [3.8, 4) is 32.4 Å². The van der Waals surface area contributed by atoms with E-state index in [-0.39, 0.29) is 11.8 Å². The Bertz CT molecular complexity index is 1190. The van der Waals surface area contributed by atoms with Crippen LogP contribution in [0.3, 0.4) is 0 Å². The molecule has 30 heavy (non-hydrogen) atoms. The molecule has 0 bridgehead atoms. The third-order valence-corrected chi connectivity index (χ3v) is 6.36. The van der Waals surface area contributed by atoms with Crippen molar-refractivity contribution in [3.63, 3.8) is 0 Å². The third-order valence-electron chi connectivity index (χ3n) is 5.23. The van der Waals surface area contributed by atoms with Crippen molar-refractivity contribution in [3.05, 3.63) is 66.6 Å². The predicted molar refractivity (Wildman–Crippen MR) is 120 cm³/mol. The van der Waals surface area contributed by atoms with E-state index in [0.29, 0.717) is 22.6 Å². The summed E-state index contributed by atoms with van der Waals surface area (Å²) in [6.07, 6.45) is 3.79. The third kappa shape index (κ3) is 3.41. The molecule has 0 saturated carbocycles. The van der Waals surface area contributed by atoms with Gasteiger partial charge < -0.3 is 10.6 Å². The number of halogens is 1. The first-order valence-electron chi connectivity index (χ1n) is 9.89. The number of nitrogen functional groups attached to an aromatic ring is 1. The molecule has 3 heterocycles. The van der Waals surface area contributed by atoms with Crippen molar-refractivity contribution in [2.45, 2.75) is 12.8 Å². The molecule has 1 saturated heterocycles. The fourth-order valence-electron chi connectivity index (χ4n) is 3.79. The minimum Gasteiger partial charge on any atom is -0.369 e. The molecule has 4 aromatic rings. The van der Waals surface area contributed by atoms with E-state index in [1.54, 1.807) is 18.3 Å². The van der Waals surface area contributed by atoms with Crippen molar-refractivity contribution >= 4 is 23.0 Å². The lowest BCUT2D eigenvalue weighted by atomic mass is 10.1. The quantitative estimate of drug-likeness (QED) is 0.491. The molecule has 5 nitrogen and oxygen atoms in total. The summed E-state index contributed by atoms with van der Waals surface area (Å²) in [7, 11) is 0. The number of anilines is 2. The molecule has 0 aliphatic carbocycles. The molecule has 1 fully saturated rings. The second kappa shape index (κ2) is 7.84. The smallest absolute Gasteiger partial charge is 0.220 e. The number of aromatic nitrogens is 3. The van der Waals surface area contributed by atoms with Gasteiger partial charge in [-0.15, -0.1) is 11.3 Å². The molecule has 150 valence electrons. The summed E-state index contributed by atoms with van der Waals surface area (Å²) in [6, 6.07) is 17.2. The number of nitrogens with zero attached hydrogens (tertiary/aromatic N) is 4. The van der Waals surface area contributed by atoms with Gasteiger partial charge in [-0.05, 0) is 31.0 Å². The maximum absolute atomic E-state index is 15.7. The van der Waals surface area contributed by atoms with Crippen molar-refractivity contribution in [2.24, 2.45) is 0 Å². The summed E-state index contributed by atoms with van der Waals surface area (Å²) in [5, 5.41) is 0.809. The minimum atomic E-state index is -0.243. The van der Waals surface area contributed by atoms with Crippen LogP contribution in [0.15, 0.2) is 60.8 Å². The molecule has 5 rings (SSSR count). The number of thiazole rings is 1. The first-order valence-corrected chi connectivity index (χ1v) is 10.7. The summed E-state index contributed by atoms with van der Waals surface area (Å²) in [5.41, 5.74) is 9.13. The van der Waals surface area contributed by atoms with Crippen LogP contribution in [0.4, 0.5) is 16.0 Å². The highest BCUT2D eigenvalue weighted by Crippen LogP contribution is 2.42. The molecule has 0 unspecified atom stereocenters. The van der Waals surface area contributed by atoms with Crippen molar-refractivity contribution in [1.82, 2.24) is 15.0 Å². The summed E-state index contributed by atoms with van der Waals surface area (Å²) in [4.78, 5) is 16.1. The van der Waals surface area contributed by atoms with Crippen molar-refractivity contribution < 1.29 is 4.39 Å². The standard InChI is InChI=1S/C23H20FN5S/c24-19-16(9-6-10-18(19)29-13-4-5-14-29)20-21(17-11-12-26-23(25)27-17)30-22(28-20)15-7-2-1-3-8-15/h1-3,6-12H,4-5,13-14H2,(H2,25,26,27). The Labute approximate surface area is 178 Å². The van der Waals surface area contributed by atoms with Crippen LogP contribution in [0.1, 0.15) is 12.8 Å². The van der Waals surface area contributed by atoms with Crippen LogP contribution in [0.5, 0.6) is 0 Å². The van der Waals surface area contributed by atoms with Crippen LogP contribution in [0.25, 0.3) is 32.4 Å². The lowest BCUT2D eigenvalue weighted by Crippen LogP contribution is -2.19. The minimum absolute atomic E-state index is 0.180. The van der Waals surface area contributed by atoms with E-state index in [2.05, 4.69) is 14.9 Å². The predicted octanol–water partition coefficient (Wildman–Crippen LogP) is 5.26. The van der Waals surface area contributed by atoms with Gasteiger partial charge in [-0.3, -0.25) is 0 Å². The summed E-state index contributed by atoms with van der Waals surface area (Å²) in [6.45, 7) is 1.75. The average molecular weight is 418 g/mol. The lowest BCUT2D eigenvalue weighted by molar-refractivity contribution is 0.626. The van der Waals surface area contributed by atoms with Gasteiger partial charge in [-0.2, -0.15) is 0 Å². The fraction of sp³-hybridized carbons (Fsp3) is 0.174. The normalized spacial score (nSPS) is 13.7. The van der Waals surface area contributed by atoms with E-state index in [0.717, 1.165) is 41.4 Å². The first kappa shape index (κ1) is 18.7. The average Bonchev–Trinajstić information content (AvgIpc) is 3.45. The number of nitrogens with two attached hydrogens (primary N) is 1. The summed E-state index contributed by atoms with van der Waals surface area (Å²) in [5.74, 6) is -0.0630. The molecule has 2 aromatic carbocycles. The molecular formula is C23H20FN5S. The highest BCUT2D eigenvalue weighted by molar-refractivity contribution is 7.18. The Hall–Kier alpha value is -3.32. The van der Waals surface area contributed by atoms with Gasteiger partial charge in [0.25, 0.3) is 0 Å². The Morgan fingerprint density at radius 3 is 2.50 bits per heavy atom. The van der Waals surface area contributed by atoms with Crippen LogP contribution < -0.4 is 10.6 Å². The van der Waals surface area contributed by atoms with Gasteiger partial charge in [-0.1, -0.05) is 36.4 Å². The Morgan fingerprint density at radius 2 is 1.73 bits per heavy atom. The summed E-state index contributed by atoms with van der Waals surface area (Å²) < 4.78 is 15.7. The molecule has 0 amide bonds. The zero-order valence-corrected chi connectivity index (χ0v) is 17.1. The van der Waals surface area contributed by atoms with E-state index in [9.17, 15) is 0 Å².